The molecule has 0 fully saturated rings. The van der Waals surface area contributed by atoms with Crippen molar-refractivity contribution in [1.82, 2.24) is 38.5 Å². The summed E-state index contributed by atoms with van der Waals surface area (Å²) in [6.45, 7) is 0. The number of fused-ring (bicyclic) bond motifs is 13. The Morgan fingerprint density at radius 3 is 1.31 bits per heavy atom. The Morgan fingerprint density at radius 2 is 0.757 bits per heavy atom. The number of para-hydroxylation sites is 6. The molecule has 7 aromatic heterocycles. The van der Waals surface area contributed by atoms with Gasteiger partial charge in [0.2, 0.25) is 0 Å². The first-order valence-electron chi connectivity index (χ1n) is 23.7. The minimum absolute atomic E-state index is 0.162. The van der Waals surface area contributed by atoms with Crippen LogP contribution < -0.4 is 5.32 Å². The van der Waals surface area contributed by atoms with Gasteiger partial charge in [-0.2, -0.15) is 0 Å². The van der Waals surface area contributed by atoms with Crippen molar-refractivity contribution >= 4 is 93.0 Å². The van der Waals surface area contributed by atoms with E-state index in [0.717, 1.165) is 95.3 Å². The van der Waals surface area contributed by atoms with Gasteiger partial charge in [-0.05, 0) is 84.9 Å². The zero-order chi connectivity index (χ0) is 45.9. The maximum Gasteiger partial charge on any atom is 0.138 e. The molecule has 7 aromatic carbocycles. The molecule has 15 rings (SSSR count). The molecule has 0 saturated carbocycles. The third kappa shape index (κ3) is 5.61. The van der Waals surface area contributed by atoms with Crippen molar-refractivity contribution in [3.8, 4) is 28.8 Å². The van der Waals surface area contributed by atoms with E-state index < -0.39 is 0 Å². The van der Waals surface area contributed by atoms with E-state index in [4.69, 9.17) is 15.0 Å². The molecule has 0 amide bonds. The van der Waals surface area contributed by atoms with Crippen LogP contribution in [0.4, 0.5) is 0 Å². The third-order valence-electron chi connectivity index (χ3n) is 14.2. The molecule has 1 unspecified atom stereocenters. The third-order valence-corrected chi connectivity index (χ3v) is 14.2. The topological polar surface area (TPSA) is 70.4 Å². The molecular weight excluding hydrogens is 857 g/mol. The summed E-state index contributed by atoms with van der Waals surface area (Å²) < 4.78 is 9.24. The quantitative estimate of drug-likeness (QED) is 0.180. The first-order valence-corrected chi connectivity index (χ1v) is 23.7. The zero-order valence-corrected chi connectivity index (χ0v) is 37.6. The molecule has 0 spiro atoms. The van der Waals surface area contributed by atoms with E-state index in [1.54, 1.807) is 0 Å². The number of pyridine rings is 3. The fourth-order valence-electron chi connectivity index (χ4n) is 11.3. The Morgan fingerprint density at radius 1 is 0.329 bits per heavy atom. The second kappa shape index (κ2) is 15.0. The van der Waals surface area contributed by atoms with Gasteiger partial charge in [-0.15, -0.1) is 0 Å². The Hall–Kier alpha value is -9.53. The maximum absolute atomic E-state index is 5.52. The minimum atomic E-state index is -0.162. The van der Waals surface area contributed by atoms with Crippen LogP contribution in [0.1, 0.15) is 11.7 Å². The van der Waals surface area contributed by atoms with E-state index >= 15 is 0 Å². The number of hydrogen-bond donors (Lipinski definition) is 1. The Kier molecular flexibility index (Phi) is 8.26. The molecule has 1 atom stereocenters. The van der Waals surface area contributed by atoms with Gasteiger partial charge in [-0.3, -0.25) is 18.3 Å². The zero-order valence-electron chi connectivity index (χ0n) is 37.6. The summed E-state index contributed by atoms with van der Waals surface area (Å²) in [6, 6.07) is 74.9. The van der Waals surface area contributed by atoms with Crippen LogP contribution in [0.2, 0.25) is 0 Å². The summed E-state index contributed by atoms with van der Waals surface area (Å²) in [5, 5.41) is 13.3. The lowest BCUT2D eigenvalue weighted by Gasteiger charge is -2.24. The molecule has 1 N–H and O–H groups in total. The molecule has 1 aliphatic heterocycles. The first kappa shape index (κ1) is 38.6. The molecule has 0 bridgehead atoms. The largest absolute Gasteiger partial charge is 0.359 e. The Balaban J connectivity index is 0.869. The van der Waals surface area contributed by atoms with Crippen LogP contribution in [0.25, 0.3) is 122 Å². The fraction of sp³-hybridized carbons (Fsp3) is 0.0161. The summed E-state index contributed by atoms with van der Waals surface area (Å²) in [7, 11) is 0. The average molecular weight is 897 g/mol. The molecule has 0 aliphatic carbocycles. The van der Waals surface area contributed by atoms with Gasteiger partial charge in [0, 0.05) is 43.1 Å². The van der Waals surface area contributed by atoms with Gasteiger partial charge < -0.3 is 5.32 Å². The second-order valence-electron chi connectivity index (χ2n) is 18.0. The van der Waals surface area contributed by atoms with Crippen LogP contribution in [0.5, 0.6) is 0 Å². The molecule has 8 heterocycles. The van der Waals surface area contributed by atoms with Crippen molar-refractivity contribution in [2.75, 3.05) is 0 Å². The van der Waals surface area contributed by atoms with E-state index in [-0.39, 0.29) is 6.04 Å². The smallest absolute Gasteiger partial charge is 0.138 e. The van der Waals surface area contributed by atoms with Crippen molar-refractivity contribution in [2.24, 2.45) is 0 Å². The van der Waals surface area contributed by atoms with Crippen LogP contribution in [0.3, 0.4) is 0 Å². The minimum Gasteiger partial charge on any atom is -0.359 e. The molecule has 14 aromatic rings. The monoisotopic (exact) mass is 896 g/mol. The van der Waals surface area contributed by atoms with Crippen molar-refractivity contribution < 1.29 is 0 Å². The van der Waals surface area contributed by atoms with Gasteiger partial charge in [-0.1, -0.05) is 146 Å². The highest BCUT2D eigenvalue weighted by atomic mass is 15.2. The van der Waals surface area contributed by atoms with E-state index in [9.17, 15) is 0 Å². The summed E-state index contributed by atoms with van der Waals surface area (Å²) in [4.78, 5) is 16.2. The normalized spacial score (nSPS) is 14.0. The van der Waals surface area contributed by atoms with Gasteiger partial charge in [0.15, 0.2) is 0 Å². The predicted molar refractivity (Wildman–Crippen MR) is 287 cm³/mol. The fourth-order valence-corrected chi connectivity index (χ4v) is 11.3. The van der Waals surface area contributed by atoms with Crippen molar-refractivity contribution in [1.29, 1.82) is 0 Å². The first-order chi connectivity index (χ1) is 34.7. The lowest BCUT2D eigenvalue weighted by molar-refractivity contribution is 0.710. The molecule has 8 nitrogen and oxygen atoms in total. The van der Waals surface area contributed by atoms with Gasteiger partial charge >= 0.3 is 0 Å². The average Bonchev–Trinajstić information content (AvgIpc) is 4.16. The SMILES string of the molecule is C1=CC(c2cccc(-n3c4ccccc4c4ccc5c(c6ccccc6n5-c5cccc(-c6cccc(-n7c8ccccc8c8ccccc87)n6)n5)c43)n2)NC(n2c3ccccc3c3ccccc32)=C1. The highest BCUT2D eigenvalue weighted by Crippen LogP contribution is 2.42. The molecule has 0 radical (unpaired) electrons. The lowest BCUT2D eigenvalue weighted by Crippen LogP contribution is -2.24. The lowest BCUT2D eigenvalue weighted by atomic mass is 10.1. The van der Waals surface area contributed by atoms with Crippen molar-refractivity contribution in [3.63, 3.8) is 0 Å². The van der Waals surface area contributed by atoms with Gasteiger partial charge in [0.05, 0.1) is 67.3 Å². The highest BCUT2D eigenvalue weighted by molar-refractivity contribution is 6.26. The van der Waals surface area contributed by atoms with Crippen LogP contribution >= 0.6 is 0 Å². The summed E-state index contributed by atoms with van der Waals surface area (Å²) >= 11 is 0. The summed E-state index contributed by atoms with van der Waals surface area (Å²) in [6.07, 6.45) is 6.50. The van der Waals surface area contributed by atoms with E-state index in [0.29, 0.717) is 0 Å². The Bertz CT molecular complexity index is 4430. The number of allylic oxidation sites excluding steroid dienone is 2. The standard InChI is InChI=1S/C62H40N8/c1-7-27-50-39(17-1)40-18-2-8-28-51(40)67(50)57-33-13-23-46(63-57)47-25-15-35-59(65-47)69-55-32-12-6-22-45(55)61-56(69)38-37-44-43-21-5-11-31-54(43)70(62(44)61)60-36-16-26-49(66-60)48-24-14-34-58(64-48)68-52-29-9-3-19-41(52)42-20-4-10-30-53(42)68/h1-38,48,64H. The van der Waals surface area contributed by atoms with E-state index in [2.05, 4.69) is 254 Å². The molecule has 328 valence electrons. The van der Waals surface area contributed by atoms with E-state index in [1.807, 2.05) is 0 Å². The number of benzene rings is 7. The van der Waals surface area contributed by atoms with Gasteiger partial charge in [-0.25, -0.2) is 15.0 Å². The summed E-state index contributed by atoms with van der Waals surface area (Å²) in [5.74, 6) is 3.53. The highest BCUT2D eigenvalue weighted by Gasteiger charge is 2.24. The number of aromatic nitrogens is 7. The van der Waals surface area contributed by atoms with Crippen LogP contribution in [-0.2, 0) is 0 Å². The summed E-state index contributed by atoms with van der Waals surface area (Å²) in [5.41, 5.74) is 11.4. The number of dihydropyridines is 1. The van der Waals surface area contributed by atoms with Crippen LogP contribution in [0.15, 0.2) is 231 Å². The number of nitrogens with zero attached hydrogens (tertiary/aromatic N) is 7. The molecule has 0 saturated heterocycles. The molecule has 1 aliphatic rings. The Labute approximate surface area is 400 Å². The number of hydrogen-bond acceptors (Lipinski definition) is 4. The second-order valence-corrected chi connectivity index (χ2v) is 18.0. The van der Waals surface area contributed by atoms with Gasteiger partial charge in [0.1, 0.15) is 23.3 Å². The maximum atomic E-state index is 5.52. The molecule has 8 heteroatoms. The van der Waals surface area contributed by atoms with E-state index in [1.165, 1.54) is 32.3 Å². The predicted octanol–water partition coefficient (Wildman–Crippen LogP) is 14.6. The van der Waals surface area contributed by atoms with Crippen LogP contribution in [0, 0.1) is 0 Å². The molecular formula is C62H40N8. The number of nitrogens with one attached hydrogen (secondary N) is 1. The van der Waals surface area contributed by atoms with Crippen LogP contribution in [-0.4, -0.2) is 33.2 Å². The van der Waals surface area contributed by atoms with Crippen molar-refractivity contribution in [3.05, 3.63) is 236 Å². The van der Waals surface area contributed by atoms with Gasteiger partial charge in [0.25, 0.3) is 0 Å². The van der Waals surface area contributed by atoms with Crippen molar-refractivity contribution in [2.45, 2.75) is 6.04 Å². The molecule has 70 heavy (non-hydrogen) atoms. The number of rotatable bonds is 6.